The van der Waals surface area contributed by atoms with Gasteiger partial charge in [0.15, 0.2) is 11.5 Å². The SMILES string of the molecule is C=CCOc1ccc(C2C(=C(O)c3ccc(OCCCC)cc3C)C(=O)C(=O)N2CCCN2CCOCC2)cc1OC. The summed E-state index contributed by atoms with van der Waals surface area (Å²) in [6.45, 7) is 12.7. The minimum absolute atomic E-state index is 0.0518. The largest absolute Gasteiger partial charge is 0.507 e. The molecule has 4 rings (SSSR count). The highest BCUT2D eigenvalue weighted by molar-refractivity contribution is 6.46. The lowest BCUT2D eigenvalue weighted by Crippen LogP contribution is -2.39. The maximum absolute atomic E-state index is 13.6. The standard InChI is InChI=1S/C33H42N2O7/c1-5-7-18-41-25-10-11-26(23(3)21-25)31(36)29-30(24-9-12-27(42-17-6-2)28(22-24)39-4)35(33(38)32(29)37)14-8-13-34-15-19-40-20-16-34/h6,9-12,21-22,30,36H,2,5,7-8,13-20H2,1,3-4H3. The number of ether oxygens (including phenoxy) is 4. The van der Waals surface area contributed by atoms with E-state index in [9.17, 15) is 14.7 Å². The number of hydrogen-bond acceptors (Lipinski definition) is 8. The molecule has 42 heavy (non-hydrogen) atoms. The number of unbranched alkanes of at least 4 members (excludes halogenated alkanes) is 1. The molecule has 2 aliphatic heterocycles. The number of aryl methyl sites for hydroxylation is 1. The molecule has 0 saturated carbocycles. The Hall–Kier alpha value is -3.82. The lowest BCUT2D eigenvalue weighted by atomic mass is 9.93. The zero-order valence-electron chi connectivity index (χ0n) is 24.9. The third kappa shape index (κ3) is 7.14. The second kappa shape index (κ2) is 14.9. The fourth-order valence-corrected chi connectivity index (χ4v) is 5.34. The molecule has 0 spiro atoms. The third-order valence-corrected chi connectivity index (χ3v) is 7.60. The Morgan fingerprint density at radius 1 is 1.07 bits per heavy atom. The van der Waals surface area contributed by atoms with Gasteiger partial charge in [-0.3, -0.25) is 14.5 Å². The number of aliphatic hydroxyl groups is 1. The van der Waals surface area contributed by atoms with E-state index in [1.807, 2.05) is 13.0 Å². The summed E-state index contributed by atoms with van der Waals surface area (Å²) in [6.07, 6.45) is 4.27. The molecule has 2 aliphatic rings. The van der Waals surface area contributed by atoms with Crippen LogP contribution in [0.3, 0.4) is 0 Å². The smallest absolute Gasteiger partial charge is 0.295 e. The summed E-state index contributed by atoms with van der Waals surface area (Å²) >= 11 is 0. The number of nitrogens with zero attached hydrogens (tertiary/aromatic N) is 2. The summed E-state index contributed by atoms with van der Waals surface area (Å²) in [5.41, 5.74) is 1.91. The van der Waals surface area contributed by atoms with E-state index >= 15 is 0 Å². The van der Waals surface area contributed by atoms with Gasteiger partial charge in [0.25, 0.3) is 11.7 Å². The van der Waals surface area contributed by atoms with Crippen LogP contribution in [0.25, 0.3) is 5.76 Å². The van der Waals surface area contributed by atoms with Crippen LogP contribution in [0, 0.1) is 6.92 Å². The van der Waals surface area contributed by atoms with Crippen molar-refractivity contribution >= 4 is 17.4 Å². The Labute approximate surface area is 248 Å². The molecular formula is C33H42N2O7. The number of carbonyl (C=O) groups is 2. The fourth-order valence-electron chi connectivity index (χ4n) is 5.34. The minimum Gasteiger partial charge on any atom is -0.507 e. The van der Waals surface area contributed by atoms with E-state index in [1.54, 1.807) is 41.3 Å². The molecule has 1 atom stereocenters. The monoisotopic (exact) mass is 578 g/mol. The lowest BCUT2D eigenvalue weighted by molar-refractivity contribution is -0.140. The van der Waals surface area contributed by atoms with Crippen molar-refractivity contribution in [2.45, 2.75) is 39.2 Å². The van der Waals surface area contributed by atoms with Crippen LogP contribution >= 0.6 is 0 Å². The number of amides is 1. The van der Waals surface area contributed by atoms with Crippen molar-refractivity contribution in [1.29, 1.82) is 0 Å². The summed E-state index contributed by atoms with van der Waals surface area (Å²) < 4.78 is 22.6. The Balaban J connectivity index is 1.71. The molecule has 1 amide bonds. The van der Waals surface area contributed by atoms with Crippen molar-refractivity contribution in [3.05, 3.63) is 71.3 Å². The van der Waals surface area contributed by atoms with Crippen LogP contribution < -0.4 is 14.2 Å². The number of Topliss-reactive ketones (excluding diaryl/α,β-unsaturated/α-hetero) is 1. The first-order valence-corrected chi connectivity index (χ1v) is 14.6. The molecule has 0 bridgehead atoms. The molecular weight excluding hydrogens is 536 g/mol. The van der Waals surface area contributed by atoms with Crippen LogP contribution in [-0.4, -0.2) is 86.3 Å². The van der Waals surface area contributed by atoms with Gasteiger partial charge in [0, 0.05) is 31.7 Å². The number of hydrogen-bond donors (Lipinski definition) is 1. The van der Waals surface area contributed by atoms with Crippen molar-refractivity contribution < 1.29 is 33.6 Å². The van der Waals surface area contributed by atoms with Crippen molar-refractivity contribution in [2.75, 3.05) is 59.7 Å². The van der Waals surface area contributed by atoms with Crippen molar-refractivity contribution in [3.8, 4) is 17.2 Å². The zero-order valence-corrected chi connectivity index (χ0v) is 24.9. The van der Waals surface area contributed by atoms with Crippen LogP contribution in [0.2, 0.25) is 0 Å². The van der Waals surface area contributed by atoms with E-state index in [2.05, 4.69) is 18.4 Å². The van der Waals surface area contributed by atoms with Gasteiger partial charge in [0.2, 0.25) is 0 Å². The van der Waals surface area contributed by atoms with Gasteiger partial charge in [-0.05, 0) is 61.2 Å². The van der Waals surface area contributed by atoms with E-state index in [1.165, 1.54) is 7.11 Å². The second-order valence-electron chi connectivity index (χ2n) is 10.5. The quantitative estimate of drug-likeness (QED) is 0.111. The van der Waals surface area contributed by atoms with Gasteiger partial charge in [-0.15, -0.1) is 0 Å². The van der Waals surface area contributed by atoms with Gasteiger partial charge in [0.05, 0.1) is 38.5 Å². The van der Waals surface area contributed by atoms with Crippen LogP contribution in [0.5, 0.6) is 17.2 Å². The Morgan fingerprint density at radius 3 is 2.55 bits per heavy atom. The highest BCUT2D eigenvalue weighted by atomic mass is 16.5. The summed E-state index contributed by atoms with van der Waals surface area (Å²) in [6, 6.07) is 9.87. The number of likely N-dealkylation sites (tertiary alicyclic amines) is 1. The summed E-state index contributed by atoms with van der Waals surface area (Å²) in [4.78, 5) is 30.9. The zero-order chi connectivity index (χ0) is 30.1. The van der Waals surface area contributed by atoms with Crippen molar-refractivity contribution in [3.63, 3.8) is 0 Å². The van der Waals surface area contributed by atoms with E-state index in [4.69, 9.17) is 18.9 Å². The predicted molar refractivity (Wildman–Crippen MR) is 161 cm³/mol. The molecule has 2 fully saturated rings. The van der Waals surface area contributed by atoms with Crippen LogP contribution in [0.1, 0.15) is 48.9 Å². The molecule has 9 nitrogen and oxygen atoms in total. The van der Waals surface area contributed by atoms with Gasteiger partial charge in [-0.2, -0.15) is 0 Å². The highest BCUT2D eigenvalue weighted by Crippen LogP contribution is 2.42. The Morgan fingerprint density at radius 2 is 1.86 bits per heavy atom. The summed E-state index contributed by atoms with van der Waals surface area (Å²) in [7, 11) is 1.53. The molecule has 0 radical (unpaired) electrons. The number of methoxy groups -OCH3 is 1. The first-order chi connectivity index (χ1) is 20.4. The van der Waals surface area contributed by atoms with Gasteiger partial charge in [0.1, 0.15) is 18.1 Å². The summed E-state index contributed by atoms with van der Waals surface area (Å²) in [5, 5.41) is 11.6. The molecule has 0 aliphatic carbocycles. The topological polar surface area (TPSA) is 97.8 Å². The maximum Gasteiger partial charge on any atom is 0.295 e. The number of ketones is 1. The van der Waals surface area contributed by atoms with Gasteiger partial charge in [-0.25, -0.2) is 0 Å². The number of benzene rings is 2. The first kappa shape index (κ1) is 31.1. The Bertz CT molecular complexity index is 1300. The van der Waals surface area contributed by atoms with E-state index in [0.717, 1.165) is 38.0 Å². The van der Waals surface area contributed by atoms with Crippen LogP contribution in [0.15, 0.2) is 54.6 Å². The van der Waals surface area contributed by atoms with E-state index in [-0.39, 0.29) is 11.3 Å². The third-order valence-electron chi connectivity index (χ3n) is 7.60. The summed E-state index contributed by atoms with van der Waals surface area (Å²) in [5.74, 6) is 0.108. The molecule has 9 heteroatoms. The fraction of sp³-hybridized carbons (Fsp3) is 0.455. The molecule has 2 aromatic carbocycles. The van der Waals surface area contributed by atoms with Crippen LogP contribution in [-0.2, 0) is 14.3 Å². The Kier molecular flexibility index (Phi) is 11.0. The molecule has 0 aromatic heterocycles. The predicted octanol–water partition coefficient (Wildman–Crippen LogP) is 4.89. The maximum atomic E-state index is 13.6. The molecule has 2 heterocycles. The molecule has 1 N–H and O–H groups in total. The van der Waals surface area contributed by atoms with Gasteiger partial charge < -0.3 is 29.0 Å². The number of rotatable bonds is 14. The molecule has 226 valence electrons. The lowest BCUT2D eigenvalue weighted by Gasteiger charge is -2.29. The number of morpholine rings is 1. The first-order valence-electron chi connectivity index (χ1n) is 14.6. The van der Waals surface area contributed by atoms with E-state index < -0.39 is 17.7 Å². The molecule has 1 unspecified atom stereocenters. The van der Waals surface area contributed by atoms with Crippen molar-refractivity contribution in [2.24, 2.45) is 0 Å². The van der Waals surface area contributed by atoms with Crippen LogP contribution in [0.4, 0.5) is 0 Å². The molecule has 2 saturated heterocycles. The second-order valence-corrected chi connectivity index (χ2v) is 10.5. The highest BCUT2D eigenvalue weighted by Gasteiger charge is 2.46. The number of aliphatic hydroxyl groups excluding tert-OH is 1. The number of carbonyl (C=O) groups excluding carboxylic acids is 2. The van der Waals surface area contributed by atoms with E-state index in [0.29, 0.717) is 67.8 Å². The normalized spacial score (nSPS) is 18.7. The average Bonchev–Trinajstić information content (AvgIpc) is 3.25. The average molecular weight is 579 g/mol. The van der Waals surface area contributed by atoms with Gasteiger partial charge >= 0.3 is 0 Å². The minimum atomic E-state index is -0.795. The van der Waals surface area contributed by atoms with Crippen molar-refractivity contribution in [1.82, 2.24) is 9.80 Å². The molecule has 2 aromatic rings. The van der Waals surface area contributed by atoms with Gasteiger partial charge in [-0.1, -0.05) is 32.1 Å².